The first kappa shape index (κ1) is 18.3. The van der Waals surface area contributed by atoms with E-state index in [0.29, 0.717) is 35.3 Å². The first-order valence-electron chi connectivity index (χ1n) is 8.51. The average Bonchev–Trinajstić information content (AvgIpc) is 2.66. The maximum Gasteiger partial charge on any atom is 0.220 e. The molecule has 0 unspecified atom stereocenters. The largest absolute Gasteiger partial charge is 0.486 e. The molecule has 1 aliphatic heterocycles. The van der Waals surface area contributed by atoms with Crippen molar-refractivity contribution < 1.29 is 19.1 Å². The van der Waals surface area contributed by atoms with Gasteiger partial charge in [0, 0.05) is 23.4 Å². The number of benzene rings is 2. The summed E-state index contributed by atoms with van der Waals surface area (Å²) in [6.45, 7) is 2.83. The summed E-state index contributed by atoms with van der Waals surface area (Å²) in [5.41, 5.74) is 1.36. The molecule has 0 fully saturated rings. The van der Waals surface area contributed by atoms with Crippen molar-refractivity contribution in [1.82, 2.24) is 5.32 Å². The van der Waals surface area contributed by atoms with Gasteiger partial charge in [-0.3, -0.25) is 9.59 Å². The van der Waals surface area contributed by atoms with Crippen molar-refractivity contribution in [3.63, 3.8) is 0 Å². The van der Waals surface area contributed by atoms with Crippen LogP contribution in [-0.4, -0.2) is 24.9 Å². The lowest BCUT2D eigenvalue weighted by molar-refractivity contribution is -0.121. The van der Waals surface area contributed by atoms with Gasteiger partial charge < -0.3 is 14.8 Å². The first-order chi connectivity index (χ1) is 12.5. The van der Waals surface area contributed by atoms with Crippen LogP contribution in [0.5, 0.6) is 11.5 Å². The number of rotatable bonds is 6. The highest BCUT2D eigenvalue weighted by atomic mass is 35.5. The van der Waals surface area contributed by atoms with Crippen molar-refractivity contribution in [3.05, 3.63) is 58.6 Å². The van der Waals surface area contributed by atoms with Gasteiger partial charge in [-0.05, 0) is 36.8 Å². The highest BCUT2D eigenvalue weighted by Gasteiger charge is 2.17. The first-order valence-corrected chi connectivity index (χ1v) is 8.89. The van der Waals surface area contributed by atoms with Crippen molar-refractivity contribution in [1.29, 1.82) is 0 Å². The summed E-state index contributed by atoms with van der Waals surface area (Å²) in [6.07, 6.45) is 0.239. The second-order valence-electron chi connectivity index (χ2n) is 6.09. The van der Waals surface area contributed by atoms with E-state index < -0.39 is 0 Å². The molecule has 2 aromatic carbocycles. The van der Waals surface area contributed by atoms with Gasteiger partial charge in [0.1, 0.15) is 13.2 Å². The van der Waals surface area contributed by atoms with Crippen LogP contribution in [0.1, 0.15) is 41.7 Å². The summed E-state index contributed by atoms with van der Waals surface area (Å²) in [6, 6.07) is 12.2. The fourth-order valence-corrected chi connectivity index (χ4v) is 3.11. The van der Waals surface area contributed by atoms with E-state index in [2.05, 4.69) is 5.32 Å². The molecule has 0 bridgehead atoms. The van der Waals surface area contributed by atoms with E-state index in [0.717, 1.165) is 5.56 Å². The third-order valence-corrected chi connectivity index (χ3v) is 4.54. The van der Waals surface area contributed by atoms with Gasteiger partial charge in [0.2, 0.25) is 5.91 Å². The molecule has 1 N–H and O–H groups in total. The zero-order valence-electron chi connectivity index (χ0n) is 14.5. The topological polar surface area (TPSA) is 64.6 Å². The number of ketones is 1. The normalized spacial score (nSPS) is 13.8. The SMILES string of the molecule is C[C@@H](NC(=O)CCC(=O)c1ccc2c(c1)OCCO2)c1ccccc1Cl. The third-order valence-electron chi connectivity index (χ3n) is 4.19. The molecule has 0 saturated heterocycles. The van der Waals surface area contributed by atoms with Gasteiger partial charge in [0.15, 0.2) is 17.3 Å². The predicted molar refractivity (Wildman–Crippen MR) is 99.0 cm³/mol. The van der Waals surface area contributed by atoms with Crippen LogP contribution in [0.25, 0.3) is 0 Å². The van der Waals surface area contributed by atoms with Crippen LogP contribution in [-0.2, 0) is 4.79 Å². The molecule has 0 aromatic heterocycles. The fraction of sp³-hybridized carbons (Fsp3) is 0.300. The third kappa shape index (κ3) is 4.35. The Morgan fingerprint density at radius 3 is 2.58 bits per heavy atom. The molecule has 0 spiro atoms. The number of hydrogen-bond acceptors (Lipinski definition) is 4. The van der Waals surface area contributed by atoms with E-state index in [-0.39, 0.29) is 30.6 Å². The molecule has 3 rings (SSSR count). The van der Waals surface area contributed by atoms with E-state index >= 15 is 0 Å². The van der Waals surface area contributed by atoms with Crippen LogP contribution < -0.4 is 14.8 Å². The molecule has 0 radical (unpaired) electrons. The Bertz CT molecular complexity index is 821. The number of nitrogens with one attached hydrogen (secondary N) is 1. The van der Waals surface area contributed by atoms with Crippen molar-refractivity contribution in [2.45, 2.75) is 25.8 Å². The Kier molecular flexibility index (Phi) is 5.78. The van der Waals surface area contributed by atoms with E-state index in [4.69, 9.17) is 21.1 Å². The quantitative estimate of drug-likeness (QED) is 0.778. The van der Waals surface area contributed by atoms with Crippen molar-refractivity contribution in [2.24, 2.45) is 0 Å². The summed E-state index contributed by atoms with van der Waals surface area (Å²) < 4.78 is 10.9. The van der Waals surface area contributed by atoms with Crippen LogP contribution in [0.15, 0.2) is 42.5 Å². The minimum atomic E-state index is -0.222. The van der Waals surface area contributed by atoms with Crippen LogP contribution >= 0.6 is 11.6 Å². The Labute approximate surface area is 157 Å². The van der Waals surface area contributed by atoms with Crippen LogP contribution in [0.2, 0.25) is 5.02 Å². The number of Topliss-reactive ketones (excluding diaryl/α,β-unsaturated/α-hetero) is 1. The smallest absolute Gasteiger partial charge is 0.220 e. The molecular formula is C20H20ClNO4. The van der Waals surface area contributed by atoms with Crippen LogP contribution in [0, 0.1) is 0 Å². The lowest BCUT2D eigenvalue weighted by atomic mass is 10.0. The standard InChI is InChI=1S/C20H20ClNO4/c1-13(15-4-2-3-5-16(15)21)22-20(24)9-7-17(23)14-6-8-18-19(12-14)26-11-10-25-18/h2-6,8,12-13H,7,9-11H2,1H3,(H,22,24)/t13-/m1/s1. The Morgan fingerprint density at radius 1 is 1.08 bits per heavy atom. The summed E-state index contributed by atoms with van der Waals surface area (Å²) in [5.74, 6) is 0.906. The van der Waals surface area contributed by atoms with Gasteiger partial charge in [-0.1, -0.05) is 29.8 Å². The maximum absolute atomic E-state index is 12.3. The molecular weight excluding hydrogens is 354 g/mol. The lowest BCUT2D eigenvalue weighted by Crippen LogP contribution is -2.27. The minimum absolute atomic E-state index is 0.109. The van der Waals surface area contributed by atoms with Crippen molar-refractivity contribution in [3.8, 4) is 11.5 Å². The molecule has 136 valence electrons. The molecule has 5 nitrogen and oxygen atoms in total. The number of carbonyl (C=O) groups is 2. The molecule has 1 heterocycles. The van der Waals surface area contributed by atoms with Gasteiger partial charge in [-0.25, -0.2) is 0 Å². The van der Waals surface area contributed by atoms with E-state index in [1.54, 1.807) is 24.3 Å². The second kappa shape index (κ2) is 8.23. The average molecular weight is 374 g/mol. The predicted octanol–water partition coefficient (Wildman–Crippen LogP) is 3.95. The molecule has 2 aromatic rings. The van der Waals surface area contributed by atoms with Crippen molar-refractivity contribution >= 4 is 23.3 Å². The maximum atomic E-state index is 12.3. The van der Waals surface area contributed by atoms with E-state index in [1.165, 1.54) is 0 Å². The van der Waals surface area contributed by atoms with Gasteiger partial charge in [0.25, 0.3) is 0 Å². The van der Waals surface area contributed by atoms with E-state index in [9.17, 15) is 9.59 Å². The number of amides is 1. The number of carbonyl (C=O) groups excluding carboxylic acids is 2. The molecule has 1 amide bonds. The van der Waals surface area contributed by atoms with Crippen LogP contribution in [0.3, 0.4) is 0 Å². The van der Waals surface area contributed by atoms with Gasteiger partial charge in [-0.15, -0.1) is 0 Å². The second-order valence-corrected chi connectivity index (χ2v) is 6.50. The number of fused-ring (bicyclic) bond motifs is 1. The molecule has 1 atom stereocenters. The Morgan fingerprint density at radius 2 is 1.81 bits per heavy atom. The molecule has 26 heavy (non-hydrogen) atoms. The van der Waals surface area contributed by atoms with Gasteiger partial charge in [-0.2, -0.15) is 0 Å². The number of hydrogen-bond donors (Lipinski definition) is 1. The minimum Gasteiger partial charge on any atom is -0.486 e. The molecule has 1 aliphatic rings. The van der Waals surface area contributed by atoms with Crippen molar-refractivity contribution in [2.75, 3.05) is 13.2 Å². The number of ether oxygens (including phenoxy) is 2. The summed E-state index contributed by atoms with van der Waals surface area (Å²) >= 11 is 6.14. The number of halogens is 1. The van der Waals surface area contributed by atoms with Gasteiger partial charge >= 0.3 is 0 Å². The summed E-state index contributed by atoms with van der Waals surface area (Å²) in [4.78, 5) is 24.5. The highest BCUT2D eigenvalue weighted by molar-refractivity contribution is 6.31. The molecule has 6 heteroatoms. The summed E-state index contributed by atoms with van der Waals surface area (Å²) in [7, 11) is 0. The zero-order chi connectivity index (χ0) is 18.5. The van der Waals surface area contributed by atoms with Crippen LogP contribution in [0.4, 0.5) is 0 Å². The molecule has 0 saturated carbocycles. The fourth-order valence-electron chi connectivity index (χ4n) is 2.81. The van der Waals surface area contributed by atoms with E-state index in [1.807, 2.05) is 25.1 Å². The monoisotopic (exact) mass is 373 g/mol. The Balaban J connectivity index is 1.54. The Hall–Kier alpha value is -2.53. The summed E-state index contributed by atoms with van der Waals surface area (Å²) in [5, 5.41) is 3.48. The van der Waals surface area contributed by atoms with Gasteiger partial charge in [0.05, 0.1) is 6.04 Å². The lowest BCUT2D eigenvalue weighted by Gasteiger charge is -2.18. The highest BCUT2D eigenvalue weighted by Crippen LogP contribution is 2.31. The molecule has 0 aliphatic carbocycles. The zero-order valence-corrected chi connectivity index (χ0v) is 15.2.